The summed E-state index contributed by atoms with van der Waals surface area (Å²) in [5.74, 6) is -0.00946. The number of hydrogen-bond acceptors (Lipinski definition) is 4. The van der Waals surface area contributed by atoms with E-state index < -0.39 is 6.04 Å². The third-order valence-corrected chi connectivity index (χ3v) is 2.36. The van der Waals surface area contributed by atoms with Gasteiger partial charge in [-0.15, -0.1) is 0 Å². The standard InChI is InChI=1S/C11H13N3O2/c1-14-3-2-8(6-14)4-9(12)11(15)10-5-13-7-16-10/h2-3,5-7,9H,4,12H2,1H3. The fraction of sp³-hybridized carbons (Fsp3) is 0.273. The summed E-state index contributed by atoms with van der Waals surface area (Å²) in [6.45, 7) is 0. The molecule has 2 aromatic heterocycles. The van der Waals surface area contributed by atoms with Crippen LogP contribution in [0.4, 0.5) is 0 Å². The van der Waals surface area contributed by atoms with E-state index in [0.717, 1.165) is 5.56 Å². The van der Waals surface area contributed by atoms with Gasteiger partial charge in [-0.3, -0.25) is 4.79 Å². The maximum absolute atomic E-state index is 11.8. The molecule has 0 spiro atoms. The van der Waals surface area contributed by atoms with Crippen molar-refractivity contribution in [2.75, 3.05) is 0 Å². The lowest BCUT2D eigenvalue weighted by Gasteiger charge is -2.06. The molecule has 5 nitrogen and oxygen atoms in total. The molecule has 84 valence electrons. The van der Waals surface area contributed by atoms with Crippen LogP contribution in [-0.4, -0.2) is 21.4 Å². The first-order valence-corrected chi connectivity index (χ1v) is 4.96. The quantitative estimate of drug-likeness (QED) is 0.770. The fourth-order valence-electron chi connectivity index (χ4n) is 1.55. The molecular weight excluding hydrogens is 206 g/mol. The number of hydrogen-bond donors (Lipinski definition) is 1. The first-order valence-electron chi connectivity index (χ1n) is 4.96. The van der Waals surface area contributed by atoms with Crippen molar-refractivity contribution >= 4 is 5.78 Å². The molecule has 0 amide bonds. The molecule has 16 heavy (non-hydrogen) atoms. The van der Waals surface area contributed by atoms with Crippen molar-refractivity contribution in [2.45, 2.75) is 12.5 Å². The molecule has 0 aliphatic carbocycles. The Morgan fingerprint density at radius 1 is 1.69 bits per heavy atom. The third-order valence-electron chi connectivity index (χ3n) is 2.36. The van der Waals surface area contributed by atoms with E-state index in [-0.39, 0.29) is 11.5 Å². The van der Waals surface area contributed by atoms with Gasteiger partial charge in [-0.2, -0.15) is 0 Å². The van der Waals surface area contributed by atoms with Crippen LogP contribution in [0.1, 0.15) is 16.1 Å². The van der Waals surface area contributed by atoms with Crippen LogP contribution >= 0.6 is 0 Å². The van der Waals surface area contributed by atoms with Crippen molar-refractivity contribution in [3.05, 3.63) is 42.4 Å². The number of Topliss-reactive ketones (excluding diaryl/α,β-unsaturated/α-hetero) is 1. The first-order chi connectivity index (χ1) is 7.66. The molecule has 2 heterocycles. The lowest BCUT2D eigenvalue weighted by Crippen LogP contribution is -2.32. The molecule has 0 saturated heterocycles. The third kappa shape index (κ3) is 2.20. The van der Waals surface area contributed by atoms with Gasteiger partial charge in [-0.25, -0.2) is 4.98 Å². The number of oxazole rings is 1. The SMILES string of the molecule is Cn1ccc(CC(N)C(=O)c2cnco2)c1. The van der Waals surface area contributed by atoms with Gasteiger partial charge in [0.15, 0.2) is 12.2 Å². The van der Waals surface area contributed by atoms with E-state index in [1.165, 1.54) is 12.6 Å². The van der Waals surface area contributed by atoms with E-state index in [9.17, 15) is 4.79 Å². The van der Waals surface area contributed by atoms with Crippen LogP contribution in [0.5, 0.6) is 0 Å². The number of ketones is 1. The molecule has 0 aliphatic heterocycles. The largest absolute Gasteiger partial charge is 0.440 e. The average molecular weight is 219 g/mol. The Hall–Kier alpha value is -1.88. The van der Waals surface area contributed by atoms with Crippen molar-refractivity contribution < 1.29 is 9.21 Å². The van der Waals surface area contributed by atoms with E-state index in [2.05, 4.69) is 4.98 Å². The summed E-state index contributed by atoms with van der Waals surface area (Å²) in [7, 11) is 1.92. The van der Waals surface area contributed by atoms with Crippen molar-refractivity contribution in [1.82, 2.24) is 9.55 Å². The predicted molar refractivity (Wildman–Crippen MR) is 57.9 cm³/mol. The minimum absolute atomic E-state index is 0.212. The number of carbonyl (C=O) groups is 1. The molecule has 2 N–H and O–H groups in total. The van der Waals surface area contributed by atoms with Crippen LogP contribution in [0.15, 0.2) is 35.5 Å². The van der Waals surface area contributed by atoms with Gasteiger partial charge >= 0.3 is 0 Å². The zero-order valence-electron chi connectivity index (χ0n) is 8.96. The summed E-state index contributed by atoms with van der Waals surface area (Å²) in [6, 6.07) is 1.35. The normalized spacial score (nSPS) is 12.6. The maximum Gasteiger partial charge on any atom is 0.216 e. The zero-order valence-corrected chi connectivity index (χ0v) is 8.96. The molecule has 5 heteroatoms. The van der Waals surface area contributed by atoms with Crippen molar-refractivity contribution in [3.63, 3.8) is 0 Å². The van der Waals surface area contributed by atoms with Gasteiger partial charge in [-0.1, -0.05) is 0 Å². The Kier molecular flexibility index (Phi) is 2.87. The molecule has 1 unspecified atom stereocenters. The van der Waals surface area contributed by atoms with Crippen LogP contribution in [-0.2, 0) is 13.5 Å². The fourth-order valence-corrected chi connectivity index (χ4v) is 1.55. The molecule has 2 aromatic rings. The summed E-state index contributed by atoms with van der Waals surface area (Å²) in [6.07, 6.45) is 6.96. The molecule has 1 atom stereocenters. The van der Waals surface area contributed by atoms with Gasteiger partial charge in [0.2, 0.25) is 5.78 Å². The number of aryl methyl sites for hydroxylation is 1. The molecular formula is C11H13N3O2. The molecule has 2 rings (SSSR count). The van der Waals surface area contributed by atoms with Crippen LogP contribution in [0, 0.1) is 0 Å². The summed E-state index contributed by atoms with van der Waals surface area (Å²) < 4.78 is 6.83. The van der Waals surface area contributed by atoms with Crippen LogP contribution in [0.25, 0.3) is 0 Å². The Bertz CT molecular complexity index is 473. The molecule has 0 radical (unpaired) electrons. The summed E-state index contributed by atoms with van der Waals surface area (Å²) in [5, 5.41) is 0. The highest BCUT2D eigenvalue weighted by Gasteiger charge is 2.19. The summed E-state index contributed by atoms with van der Waals surface area (Å²) in [4.78, 5) is 15.4. The predicted octanol–water partition coefficient (Wildman–Crippen LogP) is 0.766. The van der Waals surface area contributed by atoms with Crippen LogP contribution in [0.3, 0.4) is 0 Å². The molecule has 0 aliphatic rings. The van der Waals surface area contributed by atoms with Gasteiger partial charge in [0.25, 0.3) is 0 Å². The Balaban J connectivity index is 2.03. The van der Waals surface area contributed by atoms with Gasteiger partial charge in [-0.05, 0) is 18.1 Å². The minimum Gasteiger partial charge on any atom is -0.440 e. The van der Waals surface area contributed by atoms with Crippen LogP contribution in [0.2, 0.25) is 0 Å². The zero-order chi connectivity index (χ0) is 11.5. The highest BCUT2D eigenvalue weighted by Crippen LogP contribution is 2.07. The van der Waals surface area contributed by atoms with Crippen molar-refractivity contribution in [2.24, 2.45) is 12.8 Å². The topological polar surface area (TPSA) is 74.0 Å². The first kappa shape index (κ1) is 10.6. The van der Waals surface area contributed by atoms with Gasteiger partial charge in [0.1, 0.15) is 0 Å². The Labute approximate surface area is 92.9 Å². The second-order valence-electron chi connectivity index (χ2n) is 3.73. The highest BCUT2D eigenvalue weighted by atomic mass is 16.3. The second-order valence-corrected chi connectivity index (χ2v) is 3.73. The molecule has 0 saturated carbocycles. The minimum atomic E-state index is -0.588. The number of rotatable bonds is 4. The monoisotopic (exact) mass is 219 g/mol. The number of carbonyl (C=O) groups excluding carboxylic acids is 1. The summed E-state index contributed by atoms with van der Waals surface area (Å²) in [5.41, 5.74) is 6.83. The van der Waals surface area contributed by atoms with Crippen LogP contribution < -0.4 is 5.73 Å². The van der Waals surface area contributed by atoms with E-state index in [4.69, 9.17) is 10.2 Å². The van der Waals surface area contributed by atoms with Gasteiger partial charge < -0.3 is 14.7 Å². The smallest absolute Gasteiger partial charge is 0.216 e. The Morgan fingerprint density at radius 2 is 2.50 bits per heavy atom. The van der Waals surface area contributed by atoms with E-state index in [0.29, 0.717) is 6.42 Å². The van der Waals surface area contributed by atoms with Crippen molar-refractivity contribution in [3.8, 4) is 0 Å². The molecule has 0 bridgehead atoms. The van der Waals surface area contributed by atoms with Gasteiger partial charge in [0, 0.05) is 19.4 Å². The number of nitrogens with two attached hydrogens (primary N) is 1. The second kappa shape index (κ2) is 4.32. The van der Waals surface area contributed by atoms with E-state index in [1.54, 1.807) is 0 Å². The Morgan fingerprint density at radius 3 is 3.06 bits per heavy atom. The highest BCUT2D eigenvalue weighted by molar-refractivity contribution is 5.97. The lowest BCUT2D eigenvalue weighted by molar-refractivity contribution is 0.0933. The number of aromatic nitrogens is 2. The molecule has 0 fully saturated rings. The number of nitrogens with zero attached hydrogens (tertiary/aromatic N) is 2. The molecule has 0 aromatic carbocycles. The maximum atomic E-state index is 11.8. The average Bonchev–Trinajstić information content (AvgIpc) is 2.88. The van der Waals surface area contributed by atoms with Gasteiger partial charge in [0.05, 0.1) is 12.2 Å². The van der Waals surface area contributed by atoms with Crippen molar-refractivity contribution in [1.29, 1.82) is 0 Å². The van der Waals surface area contributed by atoms with E-state index >= 15 is 0 Å². The lowest BCUT2D eigenvalue weighted by atomic mass is 10.0. The van der Waals surface area contributed by atoms with E-state index in [1.807, 2.05) is 30.1 Å². The summed E-state index contributed by atoms with van der Waals surface area (Å²) >= 11 is 0.